The van der Waals surface area contributed by atoms with E-state index in [0.717, 1.165) is 31.7 Å². The van der Waals surface area contributed by atoms with E-state index in [4.69, 9.17) is 5.73 Å². The van der Waals surface area contributed by atoms with Crippen LogP contribution in [0.3, 0.4) is 0 Å². The molecule has 2 aliphatic carbocycles. The third-order valence-electron chi connectivity index (χ3n) is 4.74. The van der Waals surface area contributed by atoms with Crippen molar-refractivity contribution >= 4 is 5.91 Å². The first-order chi connectivity index (χ1) is 8.51. The van der Waals surface area contributed by atoms with Gasteiger partial charge in [0.1, 0.15) is 0 Å². The van der Waals surface area contributed by atoms with Crippen LogP contribution in [-0.4, -0.2) is 18.5 Å². The molecular formula is C15H28N2O. The van der Waals surface area contributed by atoms with Gasteiger partial charge in [-0.25, -0.2) is 0 Å². The summed E-state index contributed by atoms with van der Waals surface area (Å²) in [6.45, 7) is 5.44. The van der Waals surface area contributed by atoms with Crippen molar-refractivity contribution in [2.75, 3.05) is 6.54 Å². The molecular weight excluding hydrogens is 224 g/mol. The third kappa shape index (κ3) is 3.25. The van der Waals surface area contributed by atoms with Gasteiger partial charge in [0.25, 0.3) is 0 Å². The van der Waals surface area contributed by atoms with Crippen LogP contribution in [0, 0.1) is 17.3 Å². The Morgan fingerprint density at radius 2 is 2.11 bits per heavy atom. The fraction of sp³-hybridized carbons (Fsp3) is 0.933. The quantitative estimate of drug-likeness (QED) is 0.789. The van der Waals surface area contributed by atoms with Gasteiger partial charge in [0.2, 0.25) is 5.91 Å². The Bertz CT molecular complexity index is 297. The van der Waals surface area contributed by atoms with E-state index >= 15 is 0 Å². The number of carbonyl (C=O) groups excluding carboxylic acids is 1. The Morgan fingerprint density at radius 3 is 2.56 bits per heavy atom. The van der Waals surface area contributed by atoms with Crippen LogP contribution in [0.1, 0.15) is 58.8 Å². The van der Waals surface area contributed by atoms with Gasteiger partial charge in [-0.2, -0.15) is 0 Å². The van der Waals surface area contributed by atoms with E-state index in [1.807, 2.05) is 0 Å². The van der Waals surface area contributed by atoms with Crippen LogP contribution in [0.15, 0.2) is 0 Å². The van der Waals surface area contributed by atoms with E-state index < -0.39 is 0 Å². The summed E-state index contributed by atoms with van der Waals surface area (Å²) in [6.07, 6.45) is 8.02. The maximum absolute atomic E-state index is 12.1. The molecule has 1 amide bonds. The molecule has 0 aromatic rings. The largest absolute Gasteiger partial charge is 0.355 e. The Hall–Kier alpha value is -0.570. The van der Waals surface area contributed by atoms with Gasteiger partial charge in [0.05, 0.1) is 0 Å². The first-order valence-electron chi connectivity index (χ1n) is 7.54. The zero-order chi connectivity index (χ0) is 13.2. The molecule has 2 atom stereocenters. The normalized spacial score (nSPS) is 30.2. The smallest absolute Gasteiger partial charge is 0.223 e. The van der Waals surface area contributed by atoms with Crippen LogP contribution in [0.5, 0.6) is 0 Å². The molecule has 3 N–H and O–H groups in total. The summed E-state index contributed by atoms with van der Waals surface area (Å²) in [6, 6.07) is 0.245. The van der Waals surface area contributed by atoms with Crippen molar-refractivity contribution in [2.24, 2.45) is 23.0 Å². The molecule has 2 unspecified atom stereocenters. The molecule has 104 valence electrons. The molecule has 2 saturated carbocycles. The Balaban J connectivity index is 1.77. The molecule has 0 saturated heterocycles. The van der Waals surface area contributed by atoms with E-state index in [9.17, 15) is 4.79 Å². The minimum Gasteiger partial charge on any atom is -0.355 e. The van der Waals surface area contributed by atoms with Crippen molar-refractivity contribution in [1.82, 2.24) is 5.32 Å². The van der Waals surface area contributed by atoms with Crippen molar-refractivity contribution in [3.05, 3.63) is 0 Å². The van der Waals surface area contributed by atoms with Crippen molar-refractivity contribution in [1.29, 1.82) is 0 Å². The van der Waals surface area contributed by atoms with Gasteiger partial charge >= 0.3 is 0 Å². The molecule has 2 fully saturated rings. The average molecular weight is 252 g/mol. The molecule has 3 nitrogen and oxygen atoms in total. The lowest BCUT2D eigenvalue weighted by Gasteiger charge is -2.43. The molecule has 18 heavy (non-hydrogen) atoms. The first kappa shape index (κ1) is 13.9. The minimum atomic E-state index is 0.177. The molecule has 0 radical (unpaired) electrons. The summed E-state index contributed by atoms with van der Waals surface area (Å²) in [4.78, 5) is 12.1. The SMILES string of the molecule is CC(C)CC1(CNC(=O)C2CCC(N)C2)CCC1. The number of amides is 1. The van der Waals surface area contributed by atoms with Crippen LogP contribution < -0.4 is 11.1 Å². The fourth-order valence-electron chi connectivity index (χ4n) is 3.67. The van der Waals surface area contributed by atoms with Gasteiger partial charge in [0.15, 0.2) is 0 Å². The van der Waals surface area contributed by atoms with Gasteiger partial charge in [-0.3, -0.25) is 4.79 Å². The lowest BCUT2D eigenvalue weighted by Crippen LogP contribution is -2.44. The van der Waals surface area contributed by atoms with Crippen LogP contribution in [0.25, 0.3) is 0 Å². The van der Waals surface area contributed by atoms with E-state index in [2.05, 4.69) is 19.2 Å². The molecule has 0 aromatic carbocycles. The van der Waals surface area contributed by atoms with Crippen molar-refractivity contribution in [3.8, 4) is 0 Å². The van der Waals surface area contributed by atoms with Gasteiger partial charge < -0.3 is 11.1 Å². The van der Waals surface area contributed by atoms with E-state index in [0.29, 0.717) is 5.41 Å². The number of nitrogens with one attached hydrogen (secondary N) is 1. The lowest BCUT2D eigenvalue weighted by atomic mass is 9.64. The third-order valence-corrected chi connectivity index (χ3v) is 4.74. The van der Waals surface area contributed by atoms with E-state index in [1.54, 1.807) is 0 Å². The highest BCUT2D eigenvalue weighted by Crippen LogP contribution is 2.45. The van der Waals surface area contributed by atoms with Crippen molar-refractivity contribution in [2.45, 2.75) is 64.8 Å². The average Bonchev–Trinajstić information content (AvgIpc) is 2.68. The highest BCUT2D eigenvalue weighted by Gasteiger charge is 2.38. The summed E-state index contributed by atoms with van der Waals surface area (Å²) in [5.41, 5.74) is 6.28. The number of hydrogen-bond acceptors (Lipinski definition) is 2. The van der Waals surface area contributed by atoms with E-state index in [1.165, 1.54) is 25.7 Å². The zero-order valence-electron chi connectivity index (χ0n) is 11.9. The summed E-state index contributed by atoms with van der Waals surface area (Å²) in [5.74, 6) is 1.15. The maximum atomic E-state index is 12.1. The number of rotatable bonds is 5. The molecule has 2 rings (SSSR count). The monoisotopic (exact) mass is 252 g/mol. The molecule has 0 spiro atoms. The van der Waals surface area contributed by atoms with E-state index in [-0.39, 0.29) is 17.9 Å². The van der Waals surface area contributed by atoms with Gasteiger partial charge in [0, 0.05) is 18.5 Å². The topological polar surface area (TPSA) is 55.1 Å². The second-order valence-electron chi connectivity index (χ2n) is 6.94. The van der Waals surface area contributed by atoms with Crippen LogP contribution in [0.2, 0.25) is 0 Å². The number of nitrogens with two attached hydrogens (primary N) is 1. The molecule has 3 heteroatoms. The van der Waals surface area contributed by atoms with Crippen molar-refractivity contribution < 1.29 is 4.79 Å². The Morgan fingerprint density at radius 1 is 1.39 bits per heavy atom. The highest BCUT2D eigenvalue weighted by atomic mass is 16.1. The predicted octanol–water partition coefficient (Wildman–Crippen LogP) is 2.45. The van der Waals surface area contributed by atoms with Gasteiger partial charge in [-0.05, 0) is 49.9 Å². The molecule has 0 aromatic heterocycles. The Kier molecular flexibility index (Phi) is 4.31. The van der Waals surface area contributed by atoms with Gasteiger partial charge in [-0.1, -0.05) is 20.3 Å². The first-order valence-corrected chi connectivity index (χ1v) is 7.54. The predicted molar refractivity (Wildman–Crippen MR) is 74.1 cm³/mol. The summed E-state index contributed by atoms with van der Waals surface area (Å²) < 4.78 is 0. The fourth-order valence-corrected chi connectivity index (χ4v) is 3.67. The summed E-state index contributed by atoms with van der Waals surface area (Å²) in [5, 5.41) is 3.20. The van der Waals surface area contributed by atoms with Gasteiger partial charge in [-0.15, -0.1) is 0 Å². The molecule has 0 aliphatic heterocycles. The second-order valence-corrected chi connectivity index (χ2v) is 6.94. The molecule has 0 heterocycles. The Labute approximate surface area is 111 Å². The standard InChI is InChI=1S/C15H28N2O/c1-11(2)9-15(6-3-7-15)10-17-14(18)12-4-5-13(16)8-12/h11-13H,3-10,16H2,1-2H3,(H,17,18). The molecule has 0 bridgehead atoms. The minimum absolute atomic E-state index is 0.177. The van der Waals surface area contributed by atoms with Crippen LogP contribution >= 0.6 is 0 Å². The van der Waals surface area contributed by atoms with Crippen molar-refractivity contribution in [3.63, 3.8) is 0 Å². The van der Waals surface area contributed by atoms with Crippen LogP contribution in [-0.2, 0) is 4.79 Å². The maximum Gasteiger partial charge on any atom is 0.223 e. The van der Waals surface area contributed by atoms with Crippen LogP contribution in [0.4, 0.5) is 0 Å². The zero-order valence-corrected chi connectivity index (χ0v) is 11.9. The number of carbonyl (C=O) groups is 1. The summed E-state index contributed by atoms with van der Waals surface area (Å²) in [7, 11) is 0. The lowest BCUT2D eigenvalue weighted by molar-refractivity contribution is -0.125. The second kappa shape index (κ2) is 5.60. The summed E-state index contributed by atoms with van der Waals surface area (Å²) >= 11 is 0. The molecule has 2 aliphatic rings. The number of hydrogen-bond donors (Lipinski definition) is 2. The highest BCUT2D eigenvalue weighted by molar-refractivity contribution is 5.79.